The van der Waals surface area contributed by atoms with E-state index in [1.54, 1.807) is 0 Å². The Morgan fingerprint density at radius 3 is 1.61 bits per heavy atom. The van der Waals surface area contributed by atoms with Gasteiger partial charge in [-0.05, 0) is 12.8 Å². The van der Waals surface area contributed by atoms with Crippen molar-refractivity contribution in [2.45, 2.75) is 52.4 Å². The van der Waals surface area contributed by atoms with Crippen LogP contribution in [0.1, 0.15) is 52.4 Å². The van der Waals surface area contributed by atoms with E-state index in [0.717, 1.165) is 4.48 Å². The lowest BCUT2D eigenvalue weighted by Crippen LogP contribution is -2.35. The van der Waals surface area contributed by atoms with Crippen molar-refractivity contribution < 1.29 is 17.5 Å². The molecule has 0 rings (SSSR count). The fourth-order valence-electron chi connectivity index (χ4n) is 1.37. The SMILES string of the molecule is CCCCCCCC[N+](C)(C)C.CCS(=O)(=O)[O-]. The van der Waals surface area contributed by atoms with Gasteiger partial charge in [0, 0.05) is 5.75 Å². The maximum Gasteiger partial charge on any atom is 0.0943 e. The molecule has 0 radical (unpaired) electrons. The third kappa shape index (κ3) is 24.9. The topological polar surface area (TPSA) is 57.2 Å². The molecular formula is C13H31NO3S. The van der Waals surface area contributed by atoms with E-state index in [-0.39, 0.29) is 5.75 Å². The van der Waals surface area contributed by atoms with Crippen molar-refractivity contribution in [2.75, 3.05) is 33.4 Å². The minimum absolute atomic E-state index is 0.312. The summed E-state index contributed by atoms with van der Waals surface area (Å²) in [5.74, 6) is -0.312. The first kappa shape index (κ1) is 20.2. The van der Waals surface area contributed by atoms with Crippen molar-refractivity contribution >= 4 is 10.1 Å². The number of hydrogen-bond acceptors (Lipinski definition) is 3. The molecule has 0 aromatic carbocycles. The second-order valence-electron chi connectivity index (χ2n) is 5.63. The Hall–Kier alpha value is -0.130. The van der Waals surface area contributed by atoms with Crippen LogP contribution in [0.25, 0.3) is 0 Å². The Morgan fingerprint density at radius 2 is 1.28 bits per heavy atom. The van der Waals surface area contributed by atoms with Crippen molar-refractivity contribution in [3.05, 3.63) is 0 Å². The molecule has 0 aliphatic heterocycles. The molecule has 0 saturated heterocycles. The number of quaternary nitrogens is 1. The summed E-state index contributed by atoms with van der Waals surface area (Å²) in [5.41, 5.74) is 0. The Morgan fingerprint density at radius 1 is 0.889 bits per heavy atom. The van der Waals surface area contributed by atoms with Crippen LogP contribution in [-0.2, 0) is 10.1 Å². The fraction of sp³-hybridized carbons (Fsp3) is 1.00. The lowest BCUT2D eigenvalue weighted by molar-refractivity contribution is -0.870. The van der Waals surface area contributed by atoms with E-state index in [0.29, 0.717) is 0 Å². The van der Waals surface area contributed by atoms with Crippen LogP contribution in [0.15, 0.2) is 0 Å². The molecule has 18 heavy (non-hydrogen) atoms. The number of hydrogen-bond donors (Lipinski definition) is 0. The first-order valence-electron chi connectivity index (χ1n) is 6.86. The molecule has 0 saturated carbocycles. The predicted molar refractivity (Wildman–Crippen MR) is 76.5 cm³/mol. The maximum atomic E-state index is 9.44. The summed E-state index contributed by atoms with van der Waals surface area (Å²) in [7, 11) is 2.90. The normalized spacial score (nSPS) is 11.9. The molecule has 112 valence electrons. The molecule has 0 aromatic heterocycles. The molecule has 5 heteroatoms. The van der Waals surface area contributed by atoms with Crippen LogP contribution in [0.3, 0.4) is 0 Å². The van der Waals surface area contributed by atoms with Crippen molar-refractivity contribution in [1.82, 2.24) is 0 Å². The monoisotopic (exact) mass is 281 g/mol. The highest BCUT2D eigenvalue weighted by atomic mass is 32.2. The molecule has 0 atom stereocenters. The molecule has 0 unspecified atom stereocenters. The molecule has 0 N–H and O–H groups in total. The summed E-state index contributed by atoms with van der Waals surface area (Å²) in [5, 5.41) is 0. The van der Waals surface area contributed by atoms with Gasteiger partial charge in [0.15, 0.2) is 0 Å². The maximum absolute atomic E-state index is 9.44. The first-order chi connectivity index (χ1) is 8.12. The average molecular weight is 281 g/mol. The van der Waals surface area contributed by atoms with Crippen LogP contribution in [0, 0.1) is 0 Å². The van der Waals surface area contributed by atoms with Crippen molar-refractivity contribution in [1.29, 1.82) is 0 Å². The standard InChI is InChI=1S/C11H26N.C2H6O3S/c1-5-6-7-8-9-10-11-12(2,3)4;1-2-6(3,4)5/h5-11H2,1-4H3;2H2,1H3,(H,3,4,5)/q+1;/p-1. The second-order valence-corrected chi connectivity index (χ2v) is 7.32. The Kier molecular flexibility index (Phi) is 12.1. The van der Waals surface area contributed by atoms with Crippen LogP contribution < -0.4 is 0 Å². The summed E-state index contributed by atoms with van der Waals surface area (Å²) in [6.07, 6.45) is 8.48. The highest BCUT2D eigenvalue weighted by molar-refractivity contribution is 7.85. The molecule has 0 aliphatic rings. The van der Waals surface area contributed by atoms with Crippen molar-refractivity contribution in [3.8, 4) is 0 Å². The smallest absolute Gasteiger partial charge is 0.0943 e. The quantitative estimate of drug-likeness (QED) is 0.390. The molecule has 0 aromatic rings. The van der Waals surface area contributed by atoms with E-state index >= 15 is 0 Å². The number of rotatable bonds is 8. The fourth-order valence-corrected chi connectivity index (χ4v) is 1.37. The lowest BCUT2D eigenvalue weighted by Gasteiger charge is -2.23. The summed E-state index contributed by atoms with van der Waals surface area (Å²) in [6, 6.07) is 0. The van der Waals surface area contributed by atoms with Gasteiger partial charge in [0.05, 0.1) is 37.8 Å². The number of unbranched alkanes of at least 4 members (excludes halogenated alkanes) is 5. The lowest BCUT2D eigenvalue weighted by atomic mass is 10.1. The highest BCUT2D eigenvalue weighted by Gasteiger charge is 2.04. The molecule has 0 bridgehead atoms. The second kappa shape index (κ2) is 10.8. The van der Waals surface area contributed by atoms with Gasteiger partial charge >= 0.3 is 0 Å². The van der Waals surface area contributed by atoms with Gasteiger partial charge in [0.2, 0.25) is 0 Å². The van der Waals surface area contributed by atoms with Crippen LogP contribution in [0.5, 0.6) is 0 Å². The third-order valence-electron chi connectivity index (χ3n) is 2.54. The van der Waals surface area contributed by atoms with Crippen LogP contribution in [0.2, 0.25) is 0 Å². The van der Waals surface area contributed by atoms with Crippen LogP contribution >= 0.6 is 0 Å². The molecule has 4 nitrogen and oxygen atoms in total. The molecule has 0 spiro atoms. The molecular weight excluding hydrogens is 250 g/mol. The molecule has 0 heterocycles. The third-order valence-corrected chi connectivity index (χ3v) is 3.24. The summed E-state index contributed by atoms with van der Waals surface area (Å²) >= 11 is 0. The van der Waals surface area contributed by atoms with Gasteiger partial charge in [-0.2, -0.15) is 0 Å². The van der Waals surface area contributed by atoms with Gasteiger partial charge in [-0.25, -0.2) is 8.42 Å². The Labute approximate surface area is 114 Å². The highest BCUT2D eigenvalue weighted by Crippen LogP contribution is 2.06. The van der Waals surface area contributed by atoms with Crippen LogP contribution in [0.4, 0.5) is 0 Å². The van der Waals surface area contributed by atoms with Gasteiger partial charge in [0.1, 0.15) is 0 Å². The van der Waals surface area contributed by atoms with Gasteiger partial charge in [0.25, 0.3) is 0 Å². The van der Waals surface area contributed by atoms with E-state index < -0.39 is 10.1 Å². The zero-order chi connectivity index (χ0) is 14.7. The number of nitrogens with zero attached hydrogens (tertiary/aromatic N) is 1. The molecule has 0 amide bonds. The predicted octanol–water partition coefficient (Wildman–Crippen LogP) is 2.60. The van der Waals surface area contributed by atoms with E-state index in [9.17, 15) is 13.0 Å². The minimum atomic E-state index is -3.91. The zero-order valence-electron chi connectivity index (χ0n) is 12.7. The van der Waals surface area contributed by atoms with E-state index in [2.05, 4.69) is 28.1 Å². The molecule has 0 aliphatic carbocycles. The van der Waals surface area contributed by atoms with Crippen molar-refractivity contribution in [2.24, 2.45) is 0 Å². The summed E-state index contributed by atoms with van der Waals surface area (Å²) in [6.45, 7) is 4.90. The van der Waals surface area contributed by atoms with E-state index in [1.807, 2.05) is 0 Å². The van der Waals surface area contributed by atoms with E-state index in [4.69, 9.17) is 0 Å². The average Bonchev–Trinajstić information content (AvgIpc) is 2.22. The first-order valence-corrected chi connectivity index (χ1v) is 8.44. The summed E-state index contributed by atoms with van der Waals surface area (Å²) < 4.78 is 29.5. The largest absolute Gasteiger partial charge is 0.748 e. The Balaban J connectivity index is 0. The van der Waals surface area contributed by atoms with Gasteiger partial charge in [-0.1, -0.05) is 39.5 Å². The molecule has 0 fully saturated rings. The summed E-state index contributed by atoms with van der Waals surface area (Å²) in [4.78, 5) is 0. The zero-order valence-corrected chi connectivity index (χ0v) is 13.6. The van der Waals surface area contributed by atoms with Crippen molar-refractivity contribution in [3.63, 3.8) is 0 Å². The minimum Gasteiger partial charge on any atom is -0.748 e. The van der Waals surface area contributed by atoms with Gasteiger partial charge < -0.3 is 9.04 Å². The van der Waals surface area contributed by atoms with Crippen LogP contribution in [-0.4, -0.2) is 50.9 Å². The van der Waals surface area contributed by atoms with Gasteiger partial charge in [-0.3, -0.25) is 0 Å². The van der Waals surface area contributed by atoms with E-state index in [1.165, 1.54) is 52.0 Å². The van der Waals surface area contributed by atoms with Gasteiger partial charge in [-0.15, -0.1) is 0 Å². The Bertz CT molecular complexity index is 268.